The molecule has 20 heavy (non-hydrogen) atoms. The van der Waals surface area contributed by atoms with Gasteiger partial charge in [0.15, 0.2) is 17.0 Å². The van der Waals surface area contributed by atoms with Gasteiger partial charge in [-0.2, -0.15) is 9.97 Å². The maximum absolute atomic E-state index is 11.4. The molecular formula is C12H15ClN6O. The molecule has 3 heterocycles. The molecule has 1 aliphatic rings. The van der Waals surface area contributed by atoms with Gasteiger partial charge < -0.3 is 14.4 Å². The van der Waals surface area contributed by atoms with E-state index in [-0.39, 0.29) is 11.2 Å². The Balaban J connectivity index is 1.93. The largest absolute Gasteiger partial charge is 0.351 e. The summed E-state index contributed by atoms with van der Waals surface area (Å²) in [4.78, 5) is 28.1. The number of hydrogen-bond acceptors (Lipinski definition) is 5. The van der Waals surface area contributed by atoms with Crippen LogP contribution in [0.3, 0.4) is 0 Å². The average molecular weight is 295 g/mol. The van der Waals surface area contributed by atoms with Crippen molar-refractivity contribution >= 4 is 34.5 Å². The molecular weight excluding hydrogens is 280 g/mol. The van der Waals surface area contributed by atoms with Gasteiger partial charge in [0.25, 0.3) is 0 Å². The van der Waals surface area contributed by atoms with E-state index in [1.54, 1.807) is 13.3 Å². The highest BCUT2D eigenvalue weighted by Gasteiger charge is 2.23. The van der Waals surface area contributed by atoms with Crippen LogP contribution in [-0.2, 0) is 11.8 Å². The monoisotopic (exact) mass is 294 g/mol. The maximum atomic E-state index is 11.4. The van der Waals surface area contributed by atoms with E-state index in [1.165, 1.54) is 0 Å². The summed E-state index contributed by atoms with van der Waals surface area (Å²) in [5, 5.41) is 0.213. The van der Waals surface area contributed by atoms with Crippen molar-refractivity contribution < 1.29 is 4.79 Å². The Morgan fingerprint density at radius 1 is 1.25 bits per heavy atom. The fourth-order valence-corrected chi connectivity index (χ4v) is 2.58. The van der Waals surface area contributed by atoms with Gasteiger partial charge in [-0.05, 0) is 11.6 Å². The highest BCUT2D eigenvalue weighted by molar-refractivity contribution is 6.28. The predicted molar refractivity (Wildman–Crippen MR) is 75.8 cm³/mol. The molecule has 0 saturated carbocycles. The van der Waals surface area contributed by atoms with Crippen LogP contribution in [0.4, 0.5) is 5.82 Å². The Labute approximate surface area is 121 Å². The van der Waals surface area contributed by atoms with Gasteiger partial charge in [-0.15, -0.1) is 0 Å². The number of carbonyl (C=O) groups is 1. The van der Waals surface area contributed by atoms with Crippen LogP contribution in [-0.4, -0.2) is 56.5 Å². The lowest BCUT2D eigenvalue weighted by Crippen LogP contribution is -2.48. The first-order valence-corrected chi connectivity index (χ1v) is 6.79. The highest BCUT2D eigenvalue weighted by Crippen LogP contribution is 2.24. The molecule has 2 aromatic heterocycles. The van der Waals surface area contributed by atoms with E-state index in [1.807, 2.05) is 16.5 Å². The average Bonchev–Trinajstić information content (AvgIpc) is 2.80. The SMILES string of the molecule is CC(=O)N1CCN(c2nc(Cl)nc3c2ncn3C)CC1. The van der Waals surface area contributed by atoms with Crippen molar-refractivity contribution in [2.45, 2.75) is 6.92 Å². The van der Waals surface area contributed by atoms with Crippen LogP contribution in [0.5, 0.6) is 0 Å². The van der Waals surface area contributed by atoms with E-state index < -0.39 is 0 Å². The second kappa shape index (κ2) is 4.90. The summed E-state index contributed by atoms with van der Waals surface area (Å²) in [5.74, 6) is 0.845. The van der Waals surface area contributed by atoms with E-state index in [9.17, 15) is 4.79 Å². The summed E-state index contributed by atoms with van der Waals surface area (Å²) in [5.41, 5.74) is 1.46. The van der Waals surface area contributed by atoms with Crippen LogP contribution < -0.4 is 4.90 Å². The third-order valence-electron chi connectivity index (χ3n) is 3.54. The molecule has 0 bridgehead atoms. The summed E-state index contributed by atoms with van der Waals surface area (Å²) in [7, 11) is 1.87. The molecule has 1 aliphatic heterocycles. The zero-order valence-electron chi connectivity index (χ0n) is 11.4. The first-order chi connectivity index (χ1) is 9.56. The molecule has 8 heteroatoms. The first-order valence-electron chi connectivity index (χ1n) is 6.41. The number of rotatable bonds is 1. The van der Waals surface area contributed by atoms with Gasteiger partial charge in [0.2, 0.25) is 11.2 Å². The lowest BCUT2D eigenvalue weighted by Gasteiger charge is -2.34. The molecule has 0 N–H and O–H groups in total. The molecule has 1 amide bonds. The van der Waals surface area contributed by atoms with Crippen molar-refractivity contribution in [1.29, 1.82) is 0 Å². The number of piperazine rings is 1. The summed E-state index contributed by atoms with van der Waals surface area (Å²) in [6.45, 7) is 4.40. The minimum atomic E-state index is 0.105. The van der Waals surface area contributed by atoms with Crippen LogP contribution in [0.1, 0.15) is 6.92 Å². The molecule has 2 aromatic rings. The molecule has 7 nitrogen and oxygen atoms in total. The van der Waals surface area contributed by atoms with Gasteiger partial charge in [0.05, 0.1) is 6.33 Å². The number of aryl methyl sites for hydroxylation is 1. The van der Waals surface area contributed by atoms with Gasteiger partial charge in [-0.25, -0.2) is 4.98 Å². The first kappa shape index (κ1) is 13.1. The molecule has 0 atom stereocenters. The summed E-state index contributed by atoms with van der Waals surface area (Å²) < 4.78 is 1.82. The van der Waals surface area contributed by atoms with E-state index >= 15 is 0 Å². The Morgan fingerprint density at radius 3 is 2.60 bits per heavy atom. The van der Waals surface area contributed by atoms with Gasteiger partial charge in [0, 0.05) is 40.2 Å². The predicted octanol–water partition coefficient (Wildman–Crippen LogP) is 0.685. The number of carbonyl (C=O) groups excluding carboxylic acids is 1. The number of aromatic nitrogens is 4. The third-order valence-corrected chi connectivity index (χ3v) is 3.71. The second-order valence-corrected chi connectivity index (χ2v) is 5.18. The number of nitrogens with zero attached hydrogens (tertiary/aromatic N) is 6. The van der Waals surface area contributed by atoms with Crippen molar-refractivity contribution in [1.82, 2.24) is 24.4 Å². The second-order valence-electron chi connectivity index (χ2n) is 4.84. The van der Waals surface area contributed by atoms with Crippen LogP contribution in [0.2, 0.25) is 5.28 Å². The molecule has 0 aromatic carbocycles. The number of anilines is 1. The molecule has 1 saturated heterocycles. The maximum Gasteiger partial charge on any atom is 0.226 e. The summed E-state index contributed by atoms with van der Waals surface area (Å²) >= 11 is 6.00. The summed E-state index contributed by atoms with van der Waals surface area (Å²) in [6.07, 6.45) is 1.70. The van der Waals surface area contributed by atoms with E-state index in [2.05, 4.69) is 19.9 Å². The van der Waals surface area contributed by atoms with Crippen LogP contribution in [0.15, 0.2) is 6.33 Å². The molecule has 0 aliphatic carbocycles. The van der Waals surface area contributed by atoms with Crippen molar-refractivity contribution in [3.63, 3.8) is 0 Å². The molecule has 0 spiro atoms. The van der Waals surface area contributed by atoms with Crippen molar-refractivity contribution in [2.24, 2.45) is 7.05 Å². The number of hydrogen-bond donors (Lipinski definition) is 0. The van der Waals surface area contributed by atoms with Crippen molar-refractivity contribution in [3.05, 3.63) is 11.6 Å². The van der Waals surface area contributed by atoms with E-state index in [0.717, 1.165) is 24.4 Å². The lowest BCUT2D eigenvalue weighted by molar-refractivity contribution is -0.129. The minimum Gasteiger partial charge on any atom is -0.351 e. The van der Waals surface area contributed by atoms with Crippen LogP contribution in [0, 0.1) is 0 Å². The molecule has 0 radical (unpaired) electrons. The molecule has 1 fully saturated rings. The quantitative estimate of drug-likeness (QED) is 0.724. The topological polar surface area (TPSA) is 67.2 Å². The minimum absolute atomic E-state index is 0.105. The Bertz CT molecular complexity index is 661. The third kappa shape index (κ3) is 2.18. The van der Waals surface area contributed by atoms with Crippen molar-refractivity contribution in [3.8, 4) is 0 Å². The normalized spacial score (nSPS) is 15.9. The zero-order chi connectivity index (χ0) is 14.3. The van der Waals surface area contributed by atoms with Gasteiger partial charge in [-0.3, -0.25) is 4.79 Å². The van der Waals surface area contributed by atoms with Gasteiger partial charge in [0.1, 0.15) is 0 Å². The van der Waals surface area contributed by atoms with Gasteiger partial charge in [-0.1, -0.05) is 0 Å². The number of fused-ring (bicyclic) bond motifs is 1. The molecule has 106 valence electrons. The van der Waals surface area contributed by atoms with E-state index in [4.69, 9.17) is 11.6 Å². The Hall–Kier alpha value is -1.89. The van der Waals surface area contributed by atoms with E-state index in [0.29, 0.717) is 18.7 Å². The van der Waals surface area contributed by atoms with Crippen LogP contribution >= 0.6 is 11.6 Å². The Morgan fingerprint density at radius 2 is 1.95 bits per heavy atom. The zero-order valence-corrected chi connectivity index (χ0v) is 12.1. The van der Waals surface area contributed by atoms with Gasteiger partial charge >= 0.3 is 0 Å². The summed E-state index contributed by atoms with van der Waals surface area (Å²) in [6, 6.07) is 0. The number of amides is 1. The number of imidazole rings is 1. The fraction of sp³-hybridized carbons (Fsp3) is 0.500. The molecule has 3 rings (SSSR count). The lowest BCUT2D eigenvalue weighted by atomic mass is 10.3. The number of halogens is 1. The fourth-order valence-electron chi connectivity index (χ4n) is 2.42. The smallest absolute Gasteiger partial charge is 0.226 e. The standard InChI is InChI=1S/C12H15ClN6O/c1-8(20)18-3-5-19(6-4-18)11-9-10(15-12(13)16-11)17(2)7-14-9/h7H,3-6H2,1-2H3. The van der Waals surface area contributed by atoms with Crippen LogP contribution in [0.25, 0.3) is 11.2 Å². The molecule has 0 unspecified atom stereocenters. The highest BCUT2D eigenvalue weighted by atomic mass is 35.5. The Kier molecular flexibility index (Phi) is 3.21. The van der Waals surface area contributed by atoms with Crippen molar-refractivity contribution in [2.75, 3.05) is 31.1 Å².